The summed E-state index contributed by atoms with van der Waals surface area (Å²) in [5, 5.41) is 18.1. The van der Waals surface area contributed by atoms with E-state index in [1.54, 1.807) is 6.07 Å². The van der Waals surface area contributed by atoms with E-state index >= 15 is 0 Å². The first-order chi connectivity index (χ1) is 9.86. The topological polar surface area (TPSA) is 111 Å². The standard InChI is InChI=1S/C13H15N3O4S/c1-9-5-10(13(17)18)8-16(7-9)21(19,20)12-3-2-4-15-11(12)6-14/h2-4,9-10H,5,7-8H2,1H3,(H,17,18). The van der Waals surface area contributed by atoms with Crippen molar-refractivity contribution < 1.29 is 18.3 Å². The molecule has 0 spiro atoms. The van der Waals surface area contributed by atoms with E-state index in [2.05, 4.69) is 4.98 Å². The molecular weight excluding hydrogens is 294 g/mol. The molecule has 0 aromatic carbocycles. The SMILES string of the molecule is CC1CC(C(=O)O)CN(S(=O)(=O)c2cccnc2C#N)C1. The van der Waals surface area contributed by atoms with Crippen LogP contribution < -0.4 is 0 Å². The number of carboxylic acids is 1. The summed E-state index contributed by atoms with van der Waals surface area (Å²) in [7, 11) is -3.92. The van der Waals surface area contributed by atoms with E-state index in [1.165, 1.54) is 18.3 Å². The van der Waals surface area contributed by atoms with Gasteiger partial charge in [-0.2, -0.15) is 9.57 Å². The molecule has 1 N–H and O–H groups in total. The summed E-state index contributed by atoms with van der Waals surface area (Å²) in [6, 6.07) is 4.51. The number of nitriles is 1. The van der Waals surface area contributed by atoms with Crippen LogP contribution in [0.1, 0.15) is 19.0 Å². The Labute approximate surface area is 122 Å². The number of hydrogen-bond acceptors (Lipinski definition) is 5. The number of piperidine rings is 1. The highest BCUT2D eigenvalue weighted by molar-refractivity contribution is 7.89. The minimum atomic E-state index is -3.92. The van der Waals surface area contributed by atoms with Crippen molar-refractivity contribution >= 4 is 16.0 Å². The van der Waals surface area contributed by atoms with Gasteiger partial charge in [-0.05, 0) is 24.5 Å². The van der Waals surface area contributed by atoms with Gasteiger partial charge in [0.15, 0.2) is 5.69 Å². The maximum Gasteiger partial charge on any atom is 0.307 e. The van der Waals surface area contributed by atoms with Crippen LogP contribution in [0.2, 0.25) is 0 Å². The number of sulfonamides is 1. The van der Waals surface area contributed by atoms with Crippen molar-refractivity contribution in [1.82, 2.24) is 9.29 Å². The molecule has 8 heteroatoms. The van der Waals surface area contributed by atoms with E-state index in [9.17, 15) is 13.2 Å². The van der Waals surface area contributed by atoms with Crippen LogP contribution in [0.3, 0.4) is 0 Å². The molecule has 0 aliphatic carbocycles. The van der Waals surface area contributed by atoms with E-state index < -0.39 is 21.9 Å². The number of carbonyl (C=O) groups is 1. The van der Waals surface area contributed by atoms with Crippen molar-refractivity contribution in [1.29, 1.82) is 5.26 Å². The number of nitrogens with zero attached hydrogens (tertiary/aromatic N) is 3. The average molecular weight is 309 g/mol. The molecule has 1 fully saturated rings. The van der Waals surface area contributed by atoms with Crippen LogP contribution in [-0.4, -0.2) is 41.9 Å². The largest absolute Gasteiger partial charge is 0.481 e. The normalized spacial score (nSPS) is 23.4. The fourth-order valence-electron chi connectivity index (χ4n) is 2.50. The van der Waals surface area contributed by atoms with Gasteiger partial charge in [0.25, 0.3) is 0 Å². The summed E-state index contributed by atoms with van der Waals surface area (Å²) in [5.41, 5.74) is -0.178. The number of aliphatic carboxylic acids is 1. The molecule has 0 amide bonds. The highest BCUT2D eigenvalue weighted by atomic mass is 32.2. The van der Waals surface area contributed by atoms with Crippen molar-refractivity contribution in [2.75, 3.05) is 13.1 Å². The van der Waals surface area contributed by atoms with E-state index in [-0.39, 0.29) is 29.6 Å². The molecule has 2 atom stereocenters. The Morgan fingerprint density at radius 3 is 2.86 bits per heavy atom. The molecule has 7 nitrogen and oxygen atoms in total. The molecule has 112 valence electrons. The Morgan fingerprint density at radius 1 is 1.52 bits per heavy atom. The fraction of sp³-hybridized carbons (Fsp3) is 0.462. The van der Waals surface area contributed by atoms with Crippen LogP contribution in [0, 0.1) is 23.2 Å². The molecular formula is C13H15N3O4S. The molecule has 2 rings (SSSR count). The van der Waals surface area contributed by atoms with Crippen molar-refractivity contribution in [2.24, 2.45) is 11.8 Å². The lowest BCUT2D eigenvalue weighted by Crippen LogP contribution is -2.45. The van der Waals surface area contributed by atoms with E-state index in [4.69, 9.17) is 10.4 Å². The van der Waals surface area contributed by atoms with Crippen LogP contribution in [0.5, 0.6) is 0 Å². The summed E-state index contributed by atoms with van der Waals surface area (Å²) in [6.45, 7) is 1.97. The first-order valence-corrected chi connectivity index (χ1v) is 7.88. The summed E-state index contributed by atoms with van der Waals surface area (Å²) >= 11 is 0. The third kappa shape index (κ3) is 3.04. The molecule has 0 saturated carbocycles. The van der Waals surface area contributed by atoms with Crippen molar-refractivity contribution in [3.63, 3.8) is 0 Å². The molecule has 1 saturated heterocycles. The van der Waals surface area contributed by atoms with Crippen LogP contribution in [0.25, 0.3) is 0 Å². The Bertz CT molecular complexity index is 696. The van der Waals surface area contributed by atoms with Crippen molar-refractivity contribution in [3.8, 4) is 6.07 Å². The van der Waals surface area contributed by atoms with Gasteiger partial charge in [0.1, 0.15) is 11.0 Å². The van der Waals surface area contributed by atoms with Crippen LogP contribution in [0.4, 0.5) is 0 Å². The van der Waals surface area contributed by atoms with Gasteiger partial charge in [-0.15, -0.1) is 0 Å². The zero-order chi connectivity index (χ0) is 15.6. The van der Waals surface area contributed by atoms with Gasteiger partial charge in [-0.25, -0.2) is 13.4 Å². The van der Waals surface area contributed by atoms with Gasteiger partial charge < -0.3 is 5.11 Å². The van der Waals surface area contributed by atoms with Gasteiger partial charge in [-0.1, -0.05) is 6.92 Å². The zero-order valence-corrected chi connectivity index (χ0v) is 12.2. The van der Waals surface area contributed by atoms with Crippen LogP contribution >= 0.6 is 0 Å². The molecule has 1 aromatic rings. The summed E-state index contributed by atoms with van der Waals surface area (Å²) < 4.78 is 26.4. The first-order valence-electron chi connectivity index (χ1n) is 6.44. The van der Waals surface area contributed by atoms with Gasteiger partial charge in [0.05, 0.1) is 5.92 Å². The lowest BCUT2D eigenvalue weighted by Gasteiger charge is -2.33. The summed E-state index contributed by atoms with van der Waals surface area (Å²) in [6.07, 6.45) is 1.79. The molecule has 0 bridgehead atoms. The quantitative estimate of drug-likeness (QED) is 0.879. The minimum Gasteiger partial charge on any atom is -0.481 e. The molecule has 0 radical (unpaired) electrons. The van der Waals surface area contributed by atoms with Crippen LogP contribution in [-0.2, 0) is 14.8 Å². The number of pyridine rings is 1. The predicted octanol–water partition coefficient (Wildman–Crippen LogP) is 0.685. The molecule has 2 unspecified atom stereocenters. The highest BCUT2D eigenvalue weighted by Crippen LogP contribution is 2.27. The summed E-state index contributed by atoms with van der Waals surface area (Å²) in [5.74, 6) is -1.80. The van der Waals surface area contributed by atoms with E-state index in [0.717, 1.165) is 4.31 Å². The molecule has 2 heterocycles. The maximum absolute atomic E-state index is 12.6. The molecule has 21 heavy (non-hydrogen) atoms. The Hall–Kier alpha value is -1.98. The first kappa shape index (κ1) is 15.4. The molecule has 1 aromatic heterocycles. The number of rotatable bonds is 3. The van der Waals surface area contributed by atoms with Gasteiger partial charge in [-0.3, -0.25) is 4.79 Å². The number of hydrogen-bond donors (Lipinski definition) is 1. The highest BCUT2D eigenvalue weighted by Gasteiger charge is 2.37. The maximum atomic E-state index is 12.6. The lowest BCUT2D eigenvalue weighted by molar-refractivity contribution is -0.143. The van der Waals surface area contributed by atoms with Crippen molar-refractivity contribution in [2.45, 2.75) is 18.2 Å². The Kier molecular flexibility index (Phi) is 4.25. The van der Waals surface area contributed by atoms with Crippen LogP contribution in [0.15, 0.2) is 23.2 Å². The Balaban J connectivity index is 2.39. The Morgan fingerprint density at radius 2 is 2.24 bits per heavy atom. The third-order valence-corrected chi connectivity index (χ3v) is 5.33. The predicted molar refractivity (Wildman–Crippen MR) is 72.6 cm³/mol. The fourth-order valence-corrected chi connectivity index (χ4v) is 4.20. The number of carboxylic acid groups (broad SMARTS) is 1. The van der Waals surface area contributed by atoms with Crippen molar-refractivity contribution in [3.05, 3.63) is 24.0 Å². The summed E-state index contributed by atoms with van der Waals surface area (Å²) in [4.78, 5) is 14.7. The van der Waals surface area contributed by atoms with E-state index in [0.29, 0.717) is 6.42 Å². The van der Waals surface area contributed by atoms with Gasteiger partial charge >= 0.3 is 5.97 Å². The molecule has 1 aliphatic rings. The average Bonchev–Trinajstić information content (AvgIpc) is 2.46. The number of aromatic nitrogens is 1. The monoisotopic (exact) mass is 309 g/mol. The third-order valence-electron chi connectivity index (χ3n) is 3.47. The smallest absolute Gasteiger partial charge is 0.307 e. The van der Waals surface area contributed by atoms with Gasteiger partial charge in [0.2, 0.25) is 10.0 Å². The van der Waals surface area contributed by atoms with Gasteiger partial charge in [0, 0.05) is 19.3 Å². The van der Waals surface area contributed by atoms with E-state index in [1.807, 2.05) is 6.92 Å². The minimum absolute atomic E-state index is 0.0585. The molecule has 1 aliphatic heterocycles. The lowest BCUT2D eigenvalue weighted by atomic mass is 9.92. The second-order valence-corrected chi connectivity index (χ2v) is 7.07. The zero-order valence-electron chi connectivity index (χ0n) is 11.4. The second-order valence-electron chi connectivity index (χ2n) is 5.16. The second kappa shape index (κ2) is 5.79.